The number of rotatable bonds is 4. The normalized spacial score (nSPS) is 12.0. The van der Waals surface area contributed by atoms with Gasteiger partial charge in [-0.1, -0.05) is 0 Å². The summed E-state index contributed by atoms with van der Waals surface area (Å²) < 4.78 is 78.4. The second kappa shape index (κ2) is 6.01. The minimum absolute atomic E-state index is 0.595. The van der Waals surface area contributed by atoms with E-state index in [9.17, 15) is 22.0 Å². The summed E-state index contributed by atoms with van der Waals surface area (Å²) in [7, 11) is 0. The fourth-order valence-corrected chi connectivity index (χ4v) is 0.365. The molecule has 0 radical (unpaired) electrons. The minimum atomic E-state index is -4.73. The van der Waals surface area contributed by atoms with Crippen LogP contribution in [0.15, 0.2) is 0 Å². The van der Waals surface area contributed by atoms with Crippen molar-refractivity contribution in [3.8, 4) is 0 Å². The van der Waals surface area contributed by atoms with Crippen LogP contribution in [-0.2, 0) is 4.74 Å². The topological polar surface area (TPSA) is 9.23 Å². The maximum atomic E-state index is 12.0. The van der Waals surface area contributed by atoms with Gasteiger partial charge in [-0.2, -0.15) is 17.6 Å². The first-order chi connectivity index (χ1) is 5.87. The SMILES string of the molecule is CCOC(F)(F)C(F)(F)CF.FF. The van der Waals surface area contributed by atoms with Crippen LogP contribution in [0.5, 0.6) is 0 Å². The molecule has 0 atom stereocenters. The van der Waals surface area contributed by atoms with Crippen LogP contribution in [0.3, 0.4) is 0 Å². The maximum Gasteiger partial charge on any atom is 0.422 e. The van der Waals surface area contributed by atoms with Crippen LogP contribution in [0.2, 0.25) is 0 Å². The molecule has 13 heavy (non-hydrogen) atoms. The molecule has 0 aliphatic carbocycles. The summed E-state index contributed by atoms with van der Waals surface area (Å²) in [6.45, 7) is -1.91. The van der Waals surface area contributed by atoms with Crippen molar-refractivity contribution in [3.05, 3.63) is 0 Å². The highest BCUT2D eigenvalue weighted by atomic mass is 20.0. The van der Waals surface area contributed by atoms with Gasteiger partial charge >= 0.3 is 12.0 Å². The van der Waals surface area contributed by atoms with Gasteiger partial charge in [0.05, 0.1) is 6.61 Å². The van der Waals surface area contributed by atoms with E-state index in [2.05, 4.69) is 4.74 Å². The summed E-state index contributed by atoms with van der Waals surface area (Å²) >= 11 is 0. The van der Waals surface area contributed by atoms with Gasteiger partial charge in [0.1, 0.15) is 0 Å². The summed E-state index contributed by atoms with van der Waals surface area (Å²) in [5, 5.41) is 0. The predicted molar refractivity (Wildman–Crippen MR) is 29.7 cm³/mol. The Morgan fingerprint density at radius 3 is 1.69 bits per heavy atom. The molecule has 0 aromatic heterocycles. The molecule has 82 valence electrons. The molecule has 1 nitrogen and oxygen atoms in total. The van der Waals surface area contributed by atoms with E-state index in [0.29, 0.717) is 0 Å². The third kappa shape index (κ3) is 4.30. The molecule has 0 aliphatic heterocycles. The number of hydrogen-bond donors (Lipinski definition) is 0. The molecular formula is C5H7F7O. The third-order valence-electron chi connectivity index (χ3n) is 0.919. The van der Waals surface area contributed by atoms with Gasteiger partial charge in [0.25, 0.3) is 0 Å². The van der Waals surface area contributed by atoms with E-state index in [1.54, 1.807) is 0 Å². The smallest absolute Gasteiger partial charge is 0.316 e. The molecule has 0 spiro atoms. The lowest BCUT2D eigenvalue weighted by Crippen LogP contribution is -2.44. The zero-order valence-corrected chi connectivity index (χ0v) is 6.47. The Hall–Kier alpha value is -0.530. The summed E-state index contributed by atoms with van der Waals surface area (Å²) in [5.74, 6) is -4.73. The van der Waals surface area contributed by atoms with Crippen molar-refractivity contribution in [1.82, 2.24) is 0 Å². The Labute approximate surface area is 69.3 Å². The summed E-state index contributed by atoms with van der Waals surface area (Å²) in [4.78, 5) is 0. The number of halogens is 7. The summed E-state index contributed by atoms with van der Waals surface area (Å²) in [5.41, 5.74) is 0. The zero-order valence-electron chi connectivity index (χ0n) is 6.47. The zero-order chi connectivity index (χ0) is 11.1. The third-order valence-corrected chi connectivity index (χ3v) is 0.919. The Bertz CT molecular complexity index is 126. The largest absolute Gasteiger partial charge is 0.422 e. The maximum absolute atomic E-state index is 12.0. The molecule has 0 saturated heterocycles. The Morgan fingerprint density at radius 1 is 1.08 bits per heavy atom. The van der Waals surface area contributed by atoms with E-state index in [1.165, 1.54) is 0 Å². The lowest BCUT2D eigenvalue weighted by Gasteiger charge is -2.22. The summed E-state index contributed by atoms with van der Waals surface area (Å²) in [6, 6.07) is 0. The molecule has 0 heterocycles. The van der Waals surface area contributed by atoms with Crippen LogP contribution in [0.1, 0.15) is 6.92 Å². The molecular weight excluding hydrogens is 209 g/mol. The van der Waals surface area contributed by atoms with Gasteiger partial charge in [-0.15, -0.1) is 0 Å². The minimum Gasteiger partial charge on any atom is -0.316 e. The van der Waals surface area contributed by atoms with Crippen LogP contribution in [0.4, 0.5) is 31.1 Å². The van der Waals surface area contributed by atoms with E-state index >= 15 is 0 Å². The van der Waals surface area contributed by atoms with Crippen molar-refractivity contribution in [3.63, 3.8) is 0 Å². The van der Waals surface area contributed by atoms with Crippen LogP contribution in [0, 0.1) is 0 Å². The monoisotopic (exact) mass is 216 g/mol. The van der Waals surface area contributed by atoms with Gasteiger partial charge in [0.15, 0.2) is 6.67 Å². The highest BCUT2D eigenvalue weighted by Crippen LogP contribution is 2.35. The highest BCUT2D eigenvalue weighted by molar-refractivity contribution is 4.75. The fraction of sp³-hybridized carbons (Fsp3) is 1.00. The molecule has 8 heteroatoms. The predicted octanol–water partition coefficient (Wildman–Crippen LogP) is 3.06. The average molecular weight is 216 g/mol. The molecule has 0 amide bonds. The van der Waals surface area contributed by atoms with E-state index in [-0.39, 0.29) is 0 Å². The summed E-state index contributed by atoms with van der Waals surface area (Å²) in [6.07, 6.45) is -4.71. The second-order valence-corrected chi connectivity index (χ2v) is 1.79. The van der Waals surface area contributed by atoms with Gasteiger partial charge in [0.2, 0.25) is 0 Å². The first-order valence-corrected chi connectivity index (χ1v) is 2.97. The molecule has 0 unspecified atom stereocenters. The molecule has 0 N–H and O–H groups in total. The lowest BCUT2D eigenvalue weighted by molar-refractivity contribution is -0.348. The van der Waals surface area contributed by atoms with Crippen molar-refractivity contribution < 1.29 is 35.8 Å². The van der Waals surface area contributed by atoms with Gasteiger partial charge in [0, 0.05) is 9.15 Å². The van der Waals surface area contributed by atoms with E-state index < -0.39 is 25.3 Å². The first-order valence-electron chi connectivity index (χ1n) is 2.97. The second-order valence-electron chi connectivity index (χ2n) is 1.79. The van der Waals surface area contributed by atoms with Gasteiger partial charge < -0.3 is 4.74 Å². The van der Waals surface area contributed by atoms with Gasteiger partial charge in [-0.25, -0.2) is 4.39 Å². The molecule has 0 rings (SSSR count). The van der Waals surface area contributed by atoms with Crippen LogP contribution in [0.25, 0.3) is 0 Å². The molecule has 0 aromatic carbocycles. The standard InChI is InChI=1S/C5H7F5O.F2/c1-2-11-5(9,10)4(7,8)3-6;1-2/h2-3H2,1H3;. The van der Waals surface area contributed by atoms with Gasteiger partial charge in [-0.05, 0) is 6.92 Å². The van der Waals surface area contributed by atoms with E-state index in [1.807, 2.05) is 0 Å². The quantitative estimate of drug-likeness (QED) is 0.656. The first kappa shape index (κ1) is 15.0. The van der Waals surface area contributed by atoms with Crippen molar-refractivity contribution in [2.24, 2.45) is 0 Å². The lowest BCUT2D eigenvalue weighted by atomic mass is 10.3. The fourth-order valence-electron chi connectivity index (χ4n) is 0.365. The number of ether oxygens (including phenoxy) is 1. The Kier molecular flexibility index (Phi) is 6.91. The molecule has 0 aliphatic rings. The van der Waals surface area contributed by atoms with Crippen molar-refractivity contribution in [1.29, 1.82) is 0 Å². The molecule has 0 saturated carbocycles. The van der Waals surface area contributed by atoms with E-state index in [4.69, 9.17) is 9.15 Å². The average Bonchev–Trinajstić information content (AvgIpc) is 2.08. The molecule has 0 fully saturated rings. The van der Waals surface area contributed by atoms with Crippen LogP contribution >= 0.6 is 0 Å². The molecule has 0 aromatic rings. The highest BCUT2D eigenvalue weighted by Gasteiger charge is 2.57. The number of alkyl halides is 5. The van der Waals surface area contributed by atoms with Crippen molar-refractivity contribution in [2.75, 3.05) is 13.3 Å². The van der Waals surface area contributed by atoms with Crippen LogP contribution in [-0.4, -0.2) is 25.3 Å². The Morgan fingerprint density at radius 2 is 1.46 bits per heavy atom. The van der Waals surface area contributed by atoms with Gasteiger partial charge in [-0.3, -0.25) is 0 Å². The molecule has 0 bridgehead atoms. The number of hydrogen-bond acceptors (Lipinski definition) is 1. The van der Waals surface area contributed by atoms with Crippen molar-refractivity contribution >= 4 is 0 Å². The van der Waals surface area contributed by atoms with Crippen LogP contribution < -0.4 is 0 Å². The van der Waals surface area contributed by atoms with E-state index in [0.717, 1.165) is 6.92 Å². The Balaban J connectivity index is 0. The van der Waals surface area contributed by atoms with Crippen molar-refractivity contribution in [2.45, 2.75) is 19.0 Å².